The van der Waals surface area contributed by atoms with Crippen LogP contribution in [0.25, 0.3) is 5.52 Å². The highest BCUT2D eigenvalue weighted by Gasteiger charge is 2.19. The van der Waals surface area contributed by atoms with Gasteiger partial charge in [-0.15, -0.1) is 0 Å². The van der Waals surface area contributed by atoms with Gasteiger partial charge in [0.15, 0.2) is 0 Å². The summed E-state index contributed by atoms with van der Waals surface area (Å²) in [5.41, 5.74) is 3.62. The van der Waals surface area contributed by atoms with E-state index in [1.165, 1.54) is 6.07 Å². The van der Waals surface area contributed by atoms with Gasteiger partial charge in [0.2, 0.25) is 5.95 Å². The first-order chi connectivity index (χ1) is 10.7. The van der Waals surface area contributed by atoms with Gasteiger partial charge in [-0.3, -0.25) is 4.40 Å². The predicted octanol–water partition coefficient (Wildman–Crippen LogP) is 2.72. The molecule has 0 fully saturated rings. The lowest BCUT2D eigenvalue weighted by atomic mass is 10.0. The molecule has 0 aliphatic carbocycles. The van der Waals surface area contributed by atoms with Crippen LogP contribution in [0.1, 0.15) is 16.7 Å². The van der Waals surface area contributed by atoms with E-state index >= 15 is 0 Å². The van der Waals surface area contributed by atoms with Gasteiger partial charge >= 0.3 is 0 Å². The Labute approximate surface area is 126 Å². The summed E-state index contributed by atoms with van der Waals surface area (Å²) in [4.78, 5) is 8.52. The molecular formula is C16H15FN4O. The Balaban J connectivity index is 1.67. The summed E-state index contributed by atoms with van der Waals surface area (Å²) in [6.07, 6.45) is 6.02. The number of nitrogens with one attached hydrogen (secondary N) is 1. The Hall–Kier alpha value is -2.63. The molecule has 0 saturated heterocycles. The van der Waals surface area contributed by atoms with Crippen molar-refractivity contribution in [3.63, 3.8) is 0 Å². The van der Waals surface area contributed by atoms with Crippen LogP contribution in [0.5, 0.6) is 5.75 Å². The van der Waals surface area contributed by atoms with E-state index in [4.69, 9.17) is 4.74 Å². The fourth-order valence-corrected chi connectivity index (χ4v) is 2.85. The maximum atomic E-state index is 14.1. The average Bonchev–Trinajstić information content (AvgIpc) is 3.17. The van der Waals surface area contributed by atoms with Crippen molar-refractivity contribution in [2.24, 2.45) is 0 Å². The summed E-state index contributed by atoms with van der Waals surface area (Å²) >= 11 is 0. The highest BCUT2D eigenvalue weighted by atomic mass is 19.1. The van der Waals surface area contributed by atoms with Crippen molar-refractivity contribution in [1.29, 1.82) is 0 Å². The third kappa shape index (κ3) is 1.99. The van der Waals surface area contributed by atoms with Gasteiger partial charge in [0.25, 0.3) is 0 Å². The highest BCUT2D eigenvalue weighted by molar-refractivity contribution is 5.56. The monoisotopic (exact) mass is 298 g/mol. The van der Waals surface area contributed by atoms with E-state index in [9.17, 15) is 4.39 Å². The number of aromatic nitrogens is 3. The number of nitrogens with zero attached hydrogens (tertiary/aromatic N) is 3. The van der Waals surface area contributed by atoms with Gasteiger partial charge in [0.1, 0.15) is 17.9 Å². The van der Waals surface area contributed by atoms with Crippen molar-refractivity contribution in [3.8, 4) is 5.75 Å². The second-order valence-electron chi connectivity index (χ2n) is 5.37. The molecule has 0 amide bonds. The Morgan fingerprint density at radius 2 is 2.27 bits per heavy atom. The largest absolute Gasteiger partial charge is 0.493 e. The summed E-state index contributed by atoms with van der Waals surface area (Å²) in [6, 6.07) is 3.15. The number of ether oxygens (including phenoxy) is 1. The molecule has 1 aliphatic rings. The topological polar surface area (TPSA) is 51.5 Å². The minimum absolute atomic E-state index is 0.217. The third-order valence-electron chi connectivity index (χ3n) is 4.02. The van der Waals surface area contributed by atoms with Gasteiger partial charge in [-0.2, -0.15) is 0 Å². The number of fused-ring (bicyclic) bond motifs is 2. The molecule has 0 atom stereocenters. The lowest BCUT2D eigenvalue weighted by Crippen LogP contribution is -2.09. The second kappa shape index (κ2) is 4.98. The summed E-state index contributed by atoms with van der Waals surface area (Å²) < 4.78 is 21.5. The second-order valence-corrected chi connectivity index (χ2v) is 5.37. The molecule has 0 saturated carbocycles. The Bertz CT molecular complexity index is 859. The van der Waals surface area contributed by atoms with Crippen molar-refractivity contribution in [2.75, 3.05) is 11.9 Å². The summed E-state index contributed by atoms with van der Waals surface area (Å²) in [6.45, 7) is 2.96. The van der Waals surface area contributed by atoms with E-state index in [1.807, 2.05) is 11.3 Å². The zero-order valence-electron chi connectivity index (χ0n) is 12.1. The molecular weight excluding hydrogens is 283 g/mol. The zero-order valence-corrected chi connectivity index (χ0v) is 12.1. The SMILES string of the molecule is Cc1cnc(NCc2c(F)ccc3c2CCO3)n2cncc12. The Kier molecular flexibility index (Phi) is 2.96. The molecule has 0 radical (unpaired) electrons. The quantitative estimate of drug-likeness (QED) is 0.808. The minimum Gasteiger partial charge on any atom is -0.493 e. The fourth-order valence-electron chi connectivity index (χ4n) is 2.85. The van der Waals surface area contributed by atoms with Crippen LogP contribution >= 0.6 is 0 Å². The molecule has 4 rings (SSSR count). The third-order valence-corrected chi connectivity index (χ3v) is 4.02. The van der Waals surface area contributed by atoms with Gasteiger partial charge in [0, 0.05) is 30.3 Å². The van der Waals surface area contributed by atoms with Crippen LogP contribution in [0.15, 0.2) is 30.9 Å². The Morgan fingerprint density at radius 1 is 1.36 bits per heavy atom. The molecule has 6 heteroatoms. The molecule has 5 nitrogen and oxygen atoms in total. The van der Waals surface area contributed by atoms with Crippen LogP contribution in [0.2, 0.25) is 0 Å². The Morgan fingerprint density at radius 3 is 3.18 bits per heavy atom. The first-order valence-corrected chi connectivity index (χ1v) is 7.18. The van der Waals surface area contributed by atoms with E-state index in [0.717, 1.165) is 28.8 Å². The number of imidazole rings is 1. The van der Waals surface area contributed by atoms with Crippen molar-refractivity contribution in [2.45, 2.75) is 19.9 Å². The summed E-state index contributed by atoms with van der Waals surface area (Å²) in [7, 11) is 0. The van der Waals surface area contributed by atoms with Crippen molar-refractivity contribution in [3.05, 3.63) is 53.4 Å². The van der Waals surface area contributed by atoms with E-state index in [2.05, 4.69) is 15.3 Å². The molecule has 1 aliphatic heterocycles. The van der Waals surface area contributed by atoms with Crippen molar-refractivity contribution in [1.82, 2.24) is 14.4 Å². The van der Waals surface area contributed by atoms with Gasteiger partial charge in [-0.05, 0) is 24.6 Å². The molecule has 3 aromatic rings. The average molecular weight is 298 g/mol. The maximum absolute atomic E-state index is 14.1. The fraction of sp³-hybridized carbons (Fsp3) is 0.250. The van der Waals surface area contributed by atoms with Crippen LogP contribution in [-0.4, -0.2) is 21.0 Å². The van der Waals surface area contributed by atoms with Gasteiger partial charge in [-0.1, -0.05) is 0 Å². The lowest BCUT2D eigenvalue weighted by Gasteiger charge is -2.12. The minimum atomic E-state index is -0.217. The number of hydrogen-bond donors (Lipinski definition) is 1. The van der Waals surface area contributed by atoms with Crippen LogP contribution in [0.3, 0.4) is 0 Å². The van der Waals surface area contributed by atoms with Gasteiger partial charge < -0.3 is 10.1 Å². The summed E-state index contributed by atoms with van der Waals surface area (Å²) in [5, 5.41) is 3.20. The van der Waals surface area contributed by atoms with Gasteiger partial charge in [-0.25, -0.2) is 14.4 Å². The zero-order chi connectivity index (χ0) is 15.1. The first-order valence-electron chi connectivity index (χ1n) is 7.18. The summed E-state index contributed by atoms with van der Waals surface area (Å²) in [5.74, 6) is 1.21. The molecule has 0 unspecified atom stereocenters. The first kappa shape index (κ1) is 13.1. The molecule has 112 valence electrons. The highest BCUT2D eigenvalue weighted by Crippen LogP contribution is 2.30. The van der Waals surface area contributed by atoms with Crippen molar-refractivity contribution < 1.29 is 9.13 Å². The maximum Gasteiger partial charge on any atom is 0.208 e. The lowest BCUT2D eigenvalue weighted by molar-refractivity contribution is 0.356. The number of benzene rings is 1. The van der Waals surface area contributed by atoms with E-state index < -0.39 is 0 Å². The molecule has 1 N–H and O–H groups in total. The van der Waals surface area contributed by atoms with Crippen LogP contribution in [0, 0.1) is 12.7 Å². The molecule has 22 heavy (non-hydrogen) atoms. The van der Waals surface area contributed by atoms with E-state index in [0.29, 0.717) is 24.7 Å². The molecule has 0 spiro atoms. The van der Waals surface area contributed by atoms with E-state index in [1.54, 1.807) is 24.8 Å². The number of hydrogen-bond acceptors (Lipinski definition) is 4. The predicted molar refractivity (Wildman–Crippen MR) is 80.6 cm³/mol. The molecule has 0 bridgehead atoms. The van der Waals surface area contributed by atoms with Gasteiger partial charge in [0.05, 0.1) is 18.3 Å². The molecule has 2 aromatic heterocycles. The number of aryl methyl sites for hydroxylation is 1. The molecule has 3 heterocycles. The standard InChI is InChI=1S/C16H15FN4O/c1-10-6-19-16(21-9-18-8-14(10)21)20-7-12-11-4-5-22-15(11)3-2-13(12)17/h2-3,6,8-9H,4-5,7H2,1H3,(H,19,20). The number of halogens is 1. The number of anilines is 1. The van der Waals surface area contributed by atoms with E-state index in [-0.39, 0.29) is 5.82 Å². The van der Waals surface area contributed by atoms with Crippen molar-refractivity contribution >= 4 is 11.5 Å². The van der Waals surface area contributed by atoms with Crippen LogP contribution < -0.4 is 10.1 Å². The normalized spacial score (nSPS) is 13.2. The van der Waals surface area contributed by atoms with Crippen LogP contribution in [0.4, 0.5) is 10.3 Å². The van der Waals surface area contributed by atoms with Crippen LogP contribution in [-0.2, 0) is 13.0 Å². The smallest absolute Gasteiger partial charge is 0.208 e. The molecule has 1 aromatic carbocycles. The number of rotatable bonds is 3.